The predicted molar refractivity (Wildman–Crippen MR) is 95.7 cm³/mol. The Balaban J connectivity index is 1.57. The SMILES string of the molecule is C[C@H](NS(=O)(=O)c1ccccc1)C(=O)OCc1noc(-c2ccc(F)cc2)n1. The predicted octanol–water partition coefficient (Wildman–Crippen LogP) is 2.29. The van der Waals surface area contributed by atoms with Crippen LogP contribution in [0.3, 0.4) is 0 Å². The first-order valence-electron chi connectivity index (χ1n) is 8.18. The van der Waals surface area contributed by atoms with Crippen LogP contribution in [-0.4, -0.2) is 30.6 Å². The second-order valence-corrected chi connectivity index (χ2v) is 7.50. The molecule has 0 bridgehead atoms. The Morgan fingerprint density at radius 2 is 1.86 bits per heavy atom. The minimum absolute atomic E-state index is 0.0387. The molecule has 1 N–H and O–H groups in total. The molecule has 0 saturated heterocycles. The van der Waals surface area contributed by atoms with Gasteiger partial charge in [0.2, 0.25) is 15.8 Å². The first-order chi connectivity index (χ1) is 13.3. The Labute approximate surface area is 160 Å². The van der Waals surface area contributed by atoms with Crippen LogP contribution in [0.25, 0.3) is 11.5 Å². The molecule has 3 rings (SSSR count). The van der Waals surface area contributed by atoms with Crippen molar-refractivity contribution in [2.24, 2.45) is 0 Å². The minimum Gasteiger partial charge on any atom is -0.456 e. The Morgan fingerprint density at radius 3 is 2.54 bits per heavy atom. The average Bonchev–Trinajstić information content (AvgIpc) is 3.16. The van der Waals surface area contributed by atoms with Crippen LogP contribution in [0, 0.1) is 5.82 Å². The van der Waals surface area contributed by atoms with Crippen molar-refractivity contribution in [2.45, 2.75) is 24.5 Å². The molecule has 0 fully saturated rings. The highest BCUT2D eigenvalue weighted by molar-refractivity contribution is 7.89. The Kier molecular flexibility index (Phi) is 5.81. The van der Waals surface area contributed by atoms with Gasteiger partial charge in [-0.05, 0) is 43.3 Å². The zero-order valence-corrected chi connectivity index (χ0v) is 15.5. The summed E-state index contributed by atoms with van der Waals surface area (Å²) in [6, 6.07) is 12.0. The van der Waals surface area contributed by atoms with Gasteiger partial charge in [0.05, 0.1) is 4.90 Å². The maximum absolute atomic E-state index is 12.9. The summed E-state index contributed by atoms with van der Waals surface area (Å²) in [6.45, 7) is 1.06. The van der Waals surface area contributed by atoms with Gasteiger partial charge in [-0.15, -0.1) is 0 Å². The summed E-state index contributed by atoms with van der Waals surface area (Å²) >= 11 is 0. The van der Waals surface area contributed by atoms with Crippen molar-refractivity contribution >= 4 is 16.0 Å². The van der Waals surface area contributed by atoms with Gasteiger partial charge in [-0.3, -0.25) is 4.79 Å². The van der Waals surface area contributed by atoms with E-state index < -0.39 is 27.9 Å². The molecule has 2 aromatic carbocycles. The smallest absolute Gasteiger partial charge is 0.324 e. The van der Waals surface area contributed by atoms with Crippen LogP contribution in [-0.2, 0) is 26.2 Å². The van der Waals surface area contributed by atoms with Gasteiger partial charge >= 0.3 is 5.97 Å². The maximum Gasteiger partial charge on any atom is 0.324 e. The molecule has 8 nitrogen and oxygen atoms in total. The second-order valence-electron chi connectivity index (χ2n) is 5.79. The molecular formula is C18H16FN3O5S. The van der Waals surface area contributed by atoms with E-state index in [4.69, 9.17) is 9.26 Å². The molecular weight excluding hydrogens is 389 g/mol. The fourth-order valence-corrected chi connectivity index (χ4v) is 3.44. The fourth-order valence-electron chi connectivity index (χ4n) is 2.23. The number of ether oxygens (including phenoxy) is 1. The summed E-state index contributed by atoms with van der Waals surface area (Å²) in [5.41, 5.74) is 0.510. The molecule has 3 aromatic rings. The second kappa shape index (κ2) is 8.28. The molecule has 1 aromatic heterocycles. The summed E-state index contributed by atoms with van der Waals surface area (Å²) in [5, 5.41) is 3.67. The molecule has 1 atom stereocenters. The number of aromatic nitrogens is 2. The number of carbonyl (C=O) groups is 1. The van der Waals surface area contributed by atoms with Gasteiger partial charge in [-0.25, -0.2) is 12.8 Å². The minimum atomic E-state index is -3.85. The molecule has 28 heavy (non-hydrogen) atoms. The van der Waals surface area contributed by atoms with Gasteiger partial charge in [0, 0.05) is 5.56 Å². The van der Waals surface area contributed by atoms with Crippen LogP contribution >= 0.6 is 0 Å². The Morgan fingerprint density at radius 1 is 1.18 bits per heavy atom. The summed E-state index contributed by atoms with van der Waals surface area (Å²) in [6.07, 6.45) is 0. The highest BCUT2D eigenvalue weighted by Crippen LogP contribution is 2.17. The van der Waals surface area contributed by atoms with Crippen molar-refractivity contribution in [1.29, 1.82) is 0 Å². The van der Waals surface area contributed by atoms with Crippen LogP contribution in [0.15, 0.2) is 64.0 Å². The average molecular weight is 405 g/mol. The fraction of sp³-hybridized carbons (Fsp3) is 0.167. The third kappa shape index (κ3) is 4.78. The van der Waals surface area contributed by atoms with Crippen LogP contribution in [0.5, 0.6) is 0 Å². The normalized spacial score (nSPS) is 12.5. The number of benzene rings is 2. The zero-order chi connectivity index (χ0) is 20.1. The molecule has 146 valence electrons. The monoisotopic (exact) mass is 405 g/mol. The molecule has 0 saturated carbocycles. The van der Waals surface area contributed by atoms with Crippen LogP contribution in [0.2, 0.25) is 0 Å². The molecule has 0 unspecified atom stereocenters. The number of nitrogens with zero attached hydrogens (tertiary/aromatic N) is 2. The molecule has 10 heteroatoms. The number of rotatable bonds is 7. The summed E-state index contributed by atoms with van der Waals surface area (Å²) in [7, 11) is -3.85. The highest BCUT2D eigenvalue weighted by atomic mass is 32.2. The number of nitrogens with one attached hydrogen (secondary N) is 1. The molecule has 0 radical (unpaired) electrons. The molecule has 0 aliphatic carbocycles. The number of carbonyl (C=O) groups excluding carboxylic acids is 1. The Hall–Kier alpha value is -3.11. The summed E-state index contributed by atoms with van der Waals surface area (Å²) in [4.78, 5) is 16.1. The molecule has 0 amide bonds. The zero-order valence-electron chi connectivity index (χ0n) is 14.7. The van der Waals surface area contributed by atoms with Crippen molar-refractivity contribution < 1.29 is 26.9 Å². The largest absolute Gasteiger partial charge is 0.456 e. The number of halogens is 1. The van der Waals surface area contributed by atoms with Crippen molar-refractivity contribution in [3.8, 4) is 11.5 Å². The standard InChI is InChI=1S/C18H16FN3O5S/c1-12(22-28(24,25)15-5-3-2-4-6-15)18(23)26-11-16-20-17(27-21-16)13-7-9-14(19)10-8-13/h2-10,12,22H,11H2,1H3/t12-/m0/s1. The molecule has 1 heterocycles. The first-order valence-corrected chi connectivity index (χ1v) is 9.66. The third-order valence-electron chi connectivity index (χ3n) is 3.64. The number of sulfonamides is 1. The number of hydrogen-bond acceptors (Lipinski definition) is 7. The van der Waals surface area contributed by atoms with Crippen LogP contribution < -0.4 is 4.72 Å². The van der Waals surface area contributed by atoms with Gasteiger partial charge in [0.1, 0.15) is 11.9 Å². The van der Waals surface area contributed by atoms with Gasteiger partial charge < -0.3 is 9.26 Å². The van der Waals surface area contributed by atoms with E-state index in [1.807, 2.05) is 0 Å². The van der Waals surface area contributed by atoms with Crippen LogP contribution in [0.4, 0.5) is 4.39 Å². The molecule has 0 spiro atoms. The lowest BCUT2D eigenvalue weighted by Gasteiger charge is -2.13. The maximum atomic E-state index is 12.9. The quantitative estimate of drug-likeness (QED) is 0.600. The highest BCUT2D eigenvalue weighted by Gasteiger charge is 2.23. The van der Waals surface area contributed by atoms with E-state index in [0.29, 0.717) is 5.56 Å². The van der Waals surface area contributed by atoms with E-state index >= 15 is 0 Å². The van der Waals surface area contributed by atoms with Crippen molar-refractivity contribution in [1.82, 2.24) is 14.9 Å². The lowest BCUT2D eigenvalue weighted by Crippen LogP contribution is -2.39. The molecule has 0 aliphatic rings. The summed E-state index contributed by atoms with van der Waals surface area (Å²) in [5.74, 6) is -0.966. The summed E-state index contributed by atoms with van der Waals surface area (Å²) < 4.78 is 49.7. The van der Waals surface area contributed by atoms with Gasteiger partial charge in [0.15, 0.2) is 6.61 Å². The van der Waals surface area contributed by atoms with Crippen molar-refractivity contribution in [3.05, 3.63) is 66.2 Å². The third-order valence-corrected chi connectivity index (χ3v) is 5.20. The Bertz CT molecular complexity index is 1050. The van der Waals surface area contributed by atoms with Gasteiger partial charge in [0.25, 0.3) is 5.89 Å². The lowest BCUT2D eigenvalue weighted by atomic mass is 10.2. The number of hydrogen-bond donors (Lipinski definition) is 1. The number of esters is 1. The van der Waals surface area contributed by atoms with Gasteiger partial charge in [-0.1, -0.05) is 23.4 Å². The van der Waals surface area contributed by atoms with E-state index in [-0.39, 0.29) is 23.2 Å². The van der Waals surface area contributed by atoms with E-state index in [2.05, 4.69) is 14.9 Å². The van der Waals surface area contributed by atoms with Crippen molar-refractivity contribution in [3.63, 3.8) is 0 Å². The molecule has 0 aliphatic heterocycles. The van der Waals surface area contributed by atoms with E-state index in [9.17, 15) is 17.6 Å². The van der Waals surface area contributed by atoms with E-state index in [1.165, 1.54) is 43.3 Å². The van der Waals surface area contributed by atoms with Crippen molar-refractivity contribution in [2.75, 3.05) is 0 Å². The van der Waals surface area contributed by atoms with Crippen LogP contribution in [0.1, 0.15) is 12.7 Å². The topological polar surface area (TPSA) is 111 Å². The first kappa shape index (κ1) is 19.6. The van der Waals surface area contributed by atoms with E-state index in [1.54, 1.807) is 18.2 Å². The van der Waals surface area contributed by atoms with E-state index in [0.717, 1.165) is 0 Å². The lowest BCUT2D eigenvalue weighted by molar-refractivity contribution is -0.146. The van der Waals surface area contributed by atoms with Gasteiger partial charge in [-0.2, -0.15) is 9.71 Å².